The molecule has 0 radical (unpaired) electrons. The van der Waals surface area contributed by atoms with Gasteiger partial charge in [-0.25, -0.2) is 15.0 Å². The van der Waals surface area contributed by atoms with Crippen molar-refractivity contribution in [2.24, 2.45) is 4.99 Å². The van der Waals surface area contributed by atoms with Gasteiger partial charge in [-0.05, 0) is 25.2 Å². The Kier molecular flexibility index (Phi) is 4.86. The molecule has 1 saturated heterocycles. The minimum atomic E-state index is -0.365. The van der Waals surface area contributed by atoms with E-state index in [0.29, 0.717) is 5.16 Å². The molecule has 0 saturated carbocycles. The maximum atomic E-state index is 11.9. The van der Waals surface area contributed by atoms with Crippen LogP contribution in [0.4, 0.5) is 11.8 Å². The average molecular weight is 336 g/mol. The van der Waals surface area contributed by atoms with Crippen LogP contribution in [-0.2, 0) is 0 Å². The molecule has 11 heteroatoms. The van der Waals surface area contributed by atoms with E-state index in [1.165, 1.54) is 12.7 Å². The molecule has 0 unspecified atom stereocenters. The summed E-state index contributed by atoms with van der Waals surface area (Å²) in [4.78, 5) is 17.0. The molecule has 2 N–H and O–H groups in total. The number of nitrogen functional groups attached to an aromatic ring is 1. The van der Waals surface area contributed by atoms with Crippen molar-refractivity contribution in [1.82, 2.24) is 20.2 Å². The van der Waals surface area contributed by atoms with Crippen LogP contribution in [0.2, 0.25) is 0 Å². The van der Waals surface area contributed by atoms with Crippen LogP contribution in [0.3, 0.4) is 0 Å². The summed E-state index contributed by atoms with van der Waals surface area (Å²) in [5.74, 6) is 0.00499. The van der Waals surface area contributed by atoms with Gasteiger partial charge < -0.3 is 10.8 Å². The Balaban J connectivity index is 1.58. The van der Waals surface area contributed by atoms with Crippen molar-refractivity contribution in [2.45, 2.75) is 24.4 Å². The van der Waals surface area contributed by atoms with Crippen LogP contribution in [0, 0.1) is 0 Å². The maximum absolute atomic E-state index is 11.9. The molecule has 1 fully saturated rings. The molecule has 1 aliphatic heterocycles. The molecule has 1 aliphatic rings. The lowest BCUT2D eigenvalue weighted by Gasteiger charge is -2.17. The van der Waals surface area contributed by atoms with E-state index in [0.717, 1.165) is 37.7 Å². The Bertz CT molecular complexity index is 685. The van der Waals surface area contributed by atoms with Gasteiger partial charge in [0.1, 0.15) is 6.33 Å². The van der Waals surface area contributed by atoms with Gasteiger partial charge in [0.25, 0.3) is 6.20 Å². The van der Waals surface area contributed by atoms with Gasteiger partial charge in [-0.15, -0.1) is 0 Å². The van der Waals surface area contributed by atoms with Crippen LogP contribution < -0.4 is 20.6 Å². The second-order valence-electron chi connectivity index (χ2n) is 4.90. The van der Waals surface area contributed by atoms with Gasteiger partial charge in [0.15, 0.2) is 5.16 Å². The lowest BCUT2D eigenvalue weighted by atomic mass is 10.2. The molecule has 122 valence electrons. The van der Waals surface area contributed by atoms with Gasteiger partial charge in [0.05, 0.1) is 17.9 Å². The number of nitrogens with zero attached hydrogens (tertiary/aromatic N) is 7. The van der Waals surface area contributed by atoms with Crippen LogP contribution in [0.1, 0.15) is 19.3 Å². The van der Waals surface area contributed by atoms with E-state index in [1.807, 2.05) is 0 Å². The number of anilines is 1. The van der Waals surface area contributed by atoms with Crippen molar-refractivity contribution in [3.05, 3.63) is 12.5 Å². The normalized spacial score (nSPS) is 15.8. The zero-order valence-electron chi connectivity index (χ0n) is 12.3. The van der Waals surface area contributed by atoms with Crippen molar-refractivity contribution in [1.29, 1.82) is 0 Å². The van der Waals surface area contributed by atoms with Crippen molar-refractivity contribution < 1.29 is 14.4 Å². The molecule has 0 spiro atoms. The van der Waals surface area contributed by atoms with Crippen molar-refractivity contribution in [2.75, 3.05) is 29.6 Å². The fourth-order valence-corrected chi connectivity index (χ4v) is 2.74. The first kappa shape index (κ1) is 15.5. The predicted molar refractivity (Wildman–Crippen MR) is 80.6 cm³/mol. The number of aliphatic imine (C=N–C) groups is 1. The third-order valence-corrected chi connectivity index (χ3v) is 4.04. The van der Waals surface area contributed by atoms with Crippen LogP contribution in [0.15, 0.2) is 27.2 Å². The Morgan fingerprint density at radius 3 is 3.00 bits per heavy atom. The quantitative estimate of drug-likeness (QED) is 0.317. The number of piperidine rings is 1. The number of hydrogen-bond acceptors (Lipinski definition) is 10. The van der Waals surface area contributed by atoms with E-state index in [2.05, 4.69) is 30.2 Å². The maximum Gasteiger partial charge on any atom is 0.324 e. The largest absolute Gasteiger partial charge is 0.861 e. The highest BCUT2D eigenvalue weighted by atomic mass is 32.2. The lowest BCUT2D eigenvalue weighted by Crippen LogP contribution is -2.60. The molecule has 0 amide bonds. The second-order valence-corrected chi connectivity index (χ2v) is 5.84. The highest BCUT2D eigenvalue weighted by molar-refractivity contribution is 7.99. The first-order chi connectivity index (χ1) is 11.2. The summed E-state index contributed by atoms with van der Waals surface area (Å²) < 4.78 is 5.07. The summed E-state index contributed by atoms with van der Waals surface area (Å²) >= 11 is 1.13. The van der Waals surface area contributed by atoms with Gasteiger partial charge in [0.2, 0.25) is 11.2 Å². The number of thioether (sulfide) groups is 1. The molecule has 23 heavy (non-hydrogen) atoms. The zero-order valence-corrected chi connectivity index (χ0v) is 13.1. The molecule has 0 aliphatic carbocycles. The van der Waals surface area contributed by atoms with Gasteiger partial charge in [-0.2, -0.15) is 9.99 Å². The fourth-order valence-electron chi connectivity index (χ4n) is 2.14. The summed E-state index contributed by atoms with van der Waals surface area (Å²) in [5.41, 5.74) is 5.45. The van der Waals surface area contributed by atoms with Gasteiger partial charge in [0, 0.05) is 5.75 Å². The summed E-state index contributed by atoms with van der Waals surface area (Å²) in [6.07, 6.45) is 6.37. The van der Waals surface area contributed by atoms with E-state index >= 15 is 0 Å². The molecular formula is C12H16N8O2S. The average Bonchev–Trinajstić information content (AvgIpc) is 3.02. The molecule has 2 aromatic rings. The van der Waals surface area contributed by atoms with E-state index in [4.69, 9.17) is 10.3 Å². The van der Waals surface area contributed by atoms with Crippen LogP contribution in [0.5, 0.6) is 0 Å². The first-order valence-corrected chi connectivity index (χ1v) is 8.15. The summed E-state index contributed by atoms with van der Waals surface area (Å²) in [6, 6.07) is 0. The van der Waals surface area contributed by atoms with Gasteiger partial charge in [-0.3, -0.25) is 4.52 Å². The smallest absolute Gasteiger partial charge is 0.324 e. The van der Waals surface area contributed by atoms with Gasteiger partial charge in [-0.1, -0.05) is 11.8 Å². The summed E-state index contributed by atoms with van der Waals surface area (Å²) in [7, 11) is 0. The van der Waals surface area contributed by atoms with Gasteiger partial charge >= 0.3 is 5.88 Å². The number of rotatable bonds is 5. The Hall–Kier alpha value is -2.43. The van der Waals surface area contributed by atoms with E-state index < -0.39 is 0 Å². The standard InChI is InChI=1S/C12H16N8O2S/c13-11-14-8-15-12(17-11)23-7-9(21)16-10-6-20(18-22-10)19-4-2-1-3-5-19/h6,8H,1-5,7H2,(H2-,13,14,15,16,17,18,21). The van der Waals surface area contributed by atoms with Crippen LogP contribution in [0.25, 0.3) is 0 Å². The molecule has 3 rings (SSSR count). The predicted octanol–water partition coefficient (Wildman–Crippen LogP) is -0.966. The Morgan fingerprint density at radius 1 is 1.39 bits per heavy atom. The number of aromatic nitrogens is 5. The highest BCUT2D eigenvalue weighted by Gasteiger charge is 2.22. The minimum absolute atomic E-state index is 0.0772. The highest BCUT2D eigenvalue weighted by Crippen LogP contribution is 2.13. The van der Waals surface area contributed by atoms with Crippen LogP contribution in [-0.4, -0.2) is 45.0 Å². The topological polar surface area (TPSA) is 133 Å². The van der Waals surface area contributed by atoms with E-state index in [9.17, 15) is 5.11 Å². The molecule has 10 nitrogen and oxygen atoms in total. The minimum Gasteiger partial charge on any atom is -0.861 e. The number of hydrogen-bond donors (Lipinski definition) is 1. The Morgan fingerprint density at radius 2 is 2.22 bits per heavy atom. The third kappa shape index (κ3) is 4.28. The SMILES string of the molecule is Nc1ncnc(SC/C([O-])=N/c2c[n+](N3CCCCC3)no2)n1. The summed E-state index contributed by atoms with van der Waals surface area (Å²) in [6.45, 7) is 1.84. The molecule has 2 aromatic heterocycles. The molecular weight excluding hydrogens is 320 g/mol. The summed E-state index contributed by atoms with van der Waals surface area (Å²) in [5, 5.41) is 18.2. The lowest BCUT2D eigenvalue weighted by molar-refractivity contribution is -0.759. The monoisotopic (exact) mass is 336 g/mol. The first-order valence-electron chi connectivity index (χ1n) is 7.16. The van der Waals surface area contributed by atoms with Crippen molar-refractivity contribution in [3.63, 3.8) is 0 Å². The molecule has 0 bridgehead atoms. The van der Waals surface area contributed by atoms with Crippen molar-refractivity contribution >= 4 is 29.5 Å². The third-order valence-electron chi connectivity index (χ3n) is 3.19. The second kappa shape index (κ2) is 7.22. The molecule has 0 atom stereocenters. The van der Waals surface area contributed by atoms with Crippen LogP contribution >= 0.6 is 11.8 Å². The fraction of sp³-hybridized carbons (Fsp3) is 0.500. The molecule has 0 aromatic carbocycles. The number of nitrogens with two attached hydrogens (primary N) is 1. The van der Waals surface area contributed by atoms with E-state index in [-0.39, 0.29) is 23.5 Å². The van der Waals surface area contributed by atoms with E-state index in [1.54, 1.807) is 11.0 Å². The van der Waals surface area contributed by atoms with Crippen molar-refractivity contribution in [3.8, 4) is 0 Å². The Labute approximate surface area is 136 Å². The molecule has 3 heterocycles. The zero-order chi connectivity index (χ0) is 16.1.